The van der Waals surface area contributed by atoms with E-state index in [9.17, 15) is 4.79 Å². The largest absolute Gasteiger partial charge is 0.497 e. The van der Waals surface area contributed by atoms with Crippen molar-refractivity contribution in [3.63, 3.8) is 0 Å². The molecule has 1 aromatic carbocycles. The minimum Gasteiger partial charge on any atom is -0.497 e. The first-order valence-corrected chi connectivity index (χ1v) is 5.38. The summed E-state index contributed by atoms with van der Waals surface area (Å²) >= 11 is 0. The molecule has 1 atom stereocenters. The van der Waals surface area contributed by atoms with Crippen LogP contribution in [0.1, 0.15) is 19.8 Å². The maximum atomic E-state index is 11.6. The molecule has 0 saturated heterocycles. The minimum absolute atomic E-state index is 0.146. The van der Waals surface area contributed by atoms with E-state index in [0.29, 0.717) is 6.42 Å². The Morgan fingerprint density at radius 1 is 1.44 bits per heavy atom. The molecule has 4 nitrogen and oxygen atoms in total. The Labute approximate surface area is 95.8 Å². The highest BCUT2D eigenvalue weighted by Crippen LogP contribution is 2.15. The van der Waals surface area contributed by atoms with Gasteiger partial charge in [-0.1, -0.05) is 13.3 Å². The number of ether oxygens (including phenoxy) is 1. The Bertz CT molecular complexity index is 335. The molecule has 1 aromatic rings. The predicted molar refractivity (Wildman–Crippen MR) is 64.5 cm³/mol. The first kappa shape index (κ1) is 12.5. The zero-order valence-corrected chi connectivity index (χ0v) is 9.69. The molecule has 0 fully saturated rings. The topological polar surface area (TPSA) is 64.4 Å². The summed E-state index contributed by atoms with van der Waals surface area (Å²) in [6.07, 6.45) is 1.60. The van der Waals surface area contributed by atoms with Crippen LogP contribution in [0.4, 0.5) is 5.69 Å². The van der Waals surface area contributed by atoms with Gasteiger partial charge in [0.15, 0.2) is 0 Å². The van der Waals surface area contributed by atoms with E-state index in [-0.39, 0.29) is 5.91 Å². The van der Waals surface area contributed by atoms with Crippen molar-refractivity contribution in [2.45, 2.75) is 25.8 Å². The monoisotopic (exact) mass is 222 g/mol. The van der Waals surface area contributed by atoms with Gasteiger partial charge in [0.25, 0.3) is 0 Å². The molecule has 0 radical (unpaired) electrons. The van der Waals surface area contributed by atoms with Gasteiger partial charge >= 0.3 is 0 Å². The van der Waals surface area contributed by atoms with Crippen LogP contribution in [0.2, 0.25) is 0 Å². The lowest BCUT2D eigenvalue weighted by Crippen LogP contribution is -2.35. The molecule has 1 unspecified atom stereocenters. The second kappa shape index (κ2) is 6.12. The maximum Gasteiger partial charge on any atom is 0.241 e. The van der Waals surface area contributed by atoms with Gasteiger partial charge in [0.05, 0.1) is 13.2 Å². The first-order chi connectivity index (χ1) is 7.67. The molecule has 3 N–H and O–H groups in total. The molecule has 16 heavy (non-hydrogen) atoms. The average molecular weight is 222 g/mol. The summed E-state index contributed by atoms with van der Waals surface area (Å²) in [6.45, 7) is 2.00. The molecule has 0 aliphatic heterocycles. The number of carbonyl (C=O) groups is 1. The average Bonchev–Trinajstić information content (AvgIpc) is 2.30. The van der Waals surface area contributed by atoms with Crippen molar-refractivity contribution in [3.05, 3.63) is 24.3 Å². The van der Waals surface area contributed by atoms with Crippen LogP contribution in [0.15, 0.2) is 24.3 Å². The zero-order valence-electron chi connectivity index (χ0n) is 9.69. The first-order valence-electron chi connectivity index (χ1n) is 5.38. The number of hydrogen-bond donors (Lipinski definition) is 2. The second-order valence-electron chi connectivity index (χ2n) is 3.61. The van der Waals surface area contributed by atoms with Crippen molar-refractivity contribution in [1.82, 2.24) is 0 Å². The van der Waals surface area contributed by atoms with Crippen molar-refractivity contribution in [2.24, 2.45) is 5.73 Å². The van der Waals surface area contributed by atoms with Crippen LogP contribution >= 0.6 is 0 Å². The number of carbonyl (C=O) groups excluding carboxylic acids is 1. The molecule has 0 heterocycles. The van der Waals surface area contributed by atoms with Crippen LogP contribution in [0.5, 0.6) is 5.75 Å². The van der Waals surface area contributed by atoms with Crippen molar-refractivity contribution < 1.29 is 9.53 Å². The smallest absolute Gasteiger partial charge is 0.241 e. The van der Waals surface area contributed by atoms with Crippen LogP contribution in [-0.4, -0.2) is 19.1 Å². The number of methoxy groups -OCH3 is 1. The third-order valence-corrected chi connectivity index (χ3v) is 2.29. The summed E-state index contributed by atoms with van der Waals surface area (Å²) in [5.74, 6) is 0.614. The predicted octanol–water partition coefficient (Wildman–Crippen LogP) is 1.76. The number of rotatable bonds is 5. The third kappa shape index (κ3) is 3.55. The molecular formula is C12H18N2O2. The highest BCUT2D eigenvalue weighted by Gasteiger charge is 2.11. The molecule has 88 valence electrons. The van der Waals surface area contributed by atoms with Crippen molar-refractivity contribution >= 4 is 11.6 Å². The Morgan fingerprint density at radius 2 is 2.06 bits per heavy atom. The molecule has 0 aliphatic carbocycles. The molecule has 1 amide bonds. The van der Waals surface area contributed by atoms with E-state index in [0.717, 1.165) is 17.9 Å². The fourth-order valence-corrected chi connectivity index (χ4v) is 1.35. The van der Waals surface area contributed by atoms with E-state index in [4.69, 9.17) is 10.5 Å². The van der Waals surface area contributed by atoms with Gasteiger partial charge in [0.1, 0.15) is 5.75 Å². The summed E-state index contributed by atoms with van der Waals surface area (Å²) in [7, 11) is 1.60. The number of hydrogen-bond acceptors (Lipinski definition) is 3. The van der Waals surface area contributed by atoms with Crippen molar-refractivity contribution in [2.75, 3.05) is 12.4 Å². The molecular weight excluding hydrogens is 204 g/mol. The van der Waals surface area contributed by atoms with Crippen LogP contribution < -0.4 is 15.8 Å². The summed E-state index contributed by atoms with van der Waals surface area (Å²) in [5, 5.41) is 2.76. The number of benzene rings is 1. The SMILES string of the molecule is CCCC(N)C(=O)Nc1ccc(OC)cc1. The molecule has 0 aromatic heterocycles. The van der Waals surface area contributed by atoms with E-state index in [1.54, 1.807) is 31.4 Å². The van der Waals surface area contributed by atoms with E-state index >= 15 is 0 Å². The zero-order chi connectivity index (χ0) is 12.0. The van der Waals surface area contributed by atoms with Crippen LogP contribution in [0, 0.1) is 0 Å². The summed E-state index contributed by atoms with van der Waals surface area (Å²) in [4.78, 5) is 11.6. The van der Waals surface area contributed by atoms with Gasteiger partial charge in [-0.3, -0.25) is 4.79 Å². The Morgan fingerprint density at radius 3 is 2.56 bits per heavy atom. The molecule has 4 heteroatoms. The van der Waals surface area contributed by atoms with Crippen LogP contribution in [-0.2, 0) is 4.79 Å². The lowest BCUT2D eigenvalue weighted by Gasteiger charge is -2.11. The lowest BCUT2D eigenvalue weighted by molar-refractivity contribution is -0.117. The summed E-state index contributed by atoms with van der Waals surface area (Å²) in [6, 6.07) is 6.72. The number of amides is 1. The molecule has 1 rings (SSSR count). The Balaban J connectivity index is 2.55. The lowest BCUT2D eigenvalue weighted by atomic mass is 10.1. The van der Waals surface area contributed by atoms with E-state index in [1.165, 1.54) is 0 Å². The van der Waals surface area contributed by atoms with Gasteiger partial charge in [-0.25, -0.2) is 0 Å². The number of nitrogens with two attached hydrogens (primary N) is 1. The van der Waals surface area contributed by atoms with E-state index in [1.807, 2.05) is 6.92 Å². The highest BCUT2D eigenvalue weighted by atomic mass is 16.5. The van der Waals surface area contributed by atoms with Gasteiger partial charge in [-0.2, -0.15) is 0 Å². The highest BCUT2D eigenvalue weighted by molar-refractivity contribution is 5.94. The normalized spacial score (nSPS) is 11.9. The summed E-state index contributed by atoms with van der Waals surface area (Å²) < 4.78 is 5.02. The standard InChI is InChI=1S/C12H18N2O2/c1-3-4-11(13)12(15)14-9-5-7-10(16-2)8-6-9/h5-8,11H,3-4,13H2,1-2H3,(H,14,15). The van der Waals surface area contributed by atoms with E-state index < -0.39 is 6.04 Å². The van der Waals surface area contributed by atoms with Crippen LogP contribution in [0.25, 0.3) is 0 Å². The summed E-state index contributed by atoms with van der Waals surface area (Å²) in [5.41, 5.74) is 6.43. The van der Waals surface area contributed by atoms with Gasteiger partial charge in [0, 0.05) is 5.69 Å². The molecule has 0 aliphatic rings. The van der Waals surface area contributed by atoms with Gasteiger partial charge < -0.3 is 15.8 Å². The number of anilines is 1. The fraction of sp³-hybridized carbons (Fsp3) is 0.417. The van der Waals surface area contributed by atoms with Gasteiger partial charge in [0.2, 0.25) is 5.91 Å². The molecule has 0 bridgehead atoms. The van der Waals surface area contributed by atoms with Crippen molar-refractivity contribution in [1.29, 1.82) is 0 Å². The maximum absolute atomic E-state index is 11.6. The van der Waals surface area contributed by atoms with Gasteiger partial charge in [-0.15, -0.1) is 0 Å². The second-order valence-corrected chi connectivity index (χ2v) is 3.61. The Kier molecular flexibility index (Phi) is 4.79. The molecule has 0 saturated carbocycles. The quantitative estimate of drug-likeness (QED) is 0.798. The fourth-order valence-electron chi connectivity index (χ4n) is 1.35. The van der Waals surface area contributed by atoms with Crippen molar-refractivity contribution in [3.8, 4) is 5.75 Å². The van der Waals surface area contributed by atoms with E-state index in [2.05, 4.69) is 5.32 Å². The third-order valence-electron chi connectivity index (χ3n) is 2.29. The minimum atomic E-state index is -0.438. The Hall–Kier alpha value is -1.55. The van der Waals surface area contributed by atoms with Gasteiger partial charge in [-0.05, 0) is 30.7 Å². The van der Waals surface area contributed by atoms with Crippen LogP contribution in [0.3, 0.4) is 0 Å². The number of nitrogens with one attached hydrogen (secondary N) is 1. The molecule has 0 spiro atoms.